The van der Waals surface area contributed by atoms with Gasteiger partial charge in [0.05, 0.1) is 11.7 Å². The zero-order chi connectivity index (χ0) is 10.3. The van der Waals surface area contributed by atoms with Gasteiger partial charge in [0.15, 0.2) is 11.6 Å². The molecule has 0 saturated carbocycles. The van der Waals surface area contributed by atoms with Gasteiger partial charge < -0.3 is 4.74 Å². The van der Waals surface area contributed by atoms with Crippen molar-refractivity contribution in [2.45, 2.75) is 32.0 Å². The molecule has 74 valence electrons. The Labute approximate surface area is 82.4 Å². The summed E-state index contributed by atoms with van der Waals surface area (Å²) in [5.74, 6) is -0.186. The van der Waals surface area contributed by atoms with Gasteiger partial charge in [0.1, 0.15) is 0 Å². The summed E-state index contributed by atoms with van der Waals surface area (Å²) in [4.78, 5) is 22.4. The van der Waals surface area contributed by atoms with Gasteiger partial charge in [-0.25, -0.2) is 0 Å². The van der Waals surface area contributed by atoms with Crippen LogP contribution in [-0.4, -0.2) is 23.3 Å². The van der Waals surface area contributed by atoms with Crippen LogP contribution in [0.1, 0.15) is 20.3 Å². The van der Waals surface area contributed by atoms with Crippen molar-refractivity contribution >= 4 is 11.6 Å². The first-order valence-corrected chi connectivity index (χ1v) is 4.64. The summed E-state index contributed by atoms with van der Waals surface area (Å²) in [6, 6.07) is 0. The number of epoxide rings is 1. The van der Waals surface area contributed by atoms with Crippen LogP contribution in [0.4, 0.5) is 0 Å². The number of rotatable bonds is 2. The van der Waals surface area contributed by atoms with Crippen molar-refractivity contribution in [1.82, 2.24) is 0 Å². The Morgan fingerprint density at radius 1 is 1.36 bits per heavy atom. The van der Waals surface area contributed by atoms with Crippen molar-refractivity contribution in [3.63, 3.8) is 0 Å². The smallest absolute Gasteiger partial charge is 0.182 e. The summed E-state index contributed by atoms with van der Waals surface area (Å²) in [6.45, 7) is 3.95. The fraction of sp³-hybridized carbons (Fsp3) is 0.455. The molecule has 1 atom stereocenters. The second-order valence-corrected chi connectivity index (χ2v) is 4.18. The zero-order valence-electron chi connectivity index (χ0n) is 8.24. The Hall–Kier alpha value is -1.22. The molecule has 1 saturated heterocycles. The van der Waals surface area contributed by atoms with E-state index < -0.39 is 0 Å². The van der Waals surface area contributed by atoms with Gasteiger partial charge in [-0.05, 0) is 32.1 Å². The summed E-state index contributed by atoms with van der Waals surface area (Å²) >= 11 is 0. The van der Waals surface area contributed by atoms with E-state index in [2.05, 4.69) is 0 Å². The molecule has 1 heterocycles. The van der Waals surface area contributed by atoms with E-state index in [1.165, 1.54) is 18.2 Å². The number of hydrogen-bond acceptors (Lipinski definition) is 3. The SMILES string of the molecule is CC1(C)OC1CC1=CC(=O)C=CC1=O. The molecule has 0 radical (unpaired) electrons. The quantitative estimate of drug-likeness (QED) is 0.487. The topological polar surface area (TPSA) is 46.7 Å². The van der Waals surface area contributed by atoms with Crippen LogP contribution in [0.5, 0.6) is 0 Å². The minimum absolute atomic E-state index is 0.0732. The molecule has 0 amide bonds. The molecule has 0 spiro atoms. The molecule has 0 aromatic carbocycles. The molecule has 2 rings (SSSR count). The number of allylic oxidation sites excluding steroid dienone is 3. The largest absolute Gasteiger partial charge is 0.366 e. The lowest BCUT2D eigenvalue weighted by Gasteiger charge is -2.04. The van der Waals surface area contributed by atoms with Crippen molar-refractivity contribution in [3.8, 4) is 0 Å². The maximum Gasteiger partial charge on any atom is 0.182 e. The summed E-state index contributed by atoms with van der Waals surface area (Å²) in [5.41, 5.74) is 0.429. The molecule has 0 aromatic rings. The van der Waals surface area contributed by atoms with Crippen LogP contribution in [0.3, 0.4) is 0 Å². The molecule has 1 fully saturated rings. The van der Waals surface area contributed by atoms with Crippen molar-refractivity contribution in [3.05, 3.63) is 23.8 Å². The average Bonchev–Trinajstić information content (AvgIpc) is 2.67. The minimum atomic E-state index is -0.134. The van der Waals surface area contributed by atoms with Crippen LogP contribution in [-0.2, 0) is 14.3 Å². The highest BCUT2D eigenvalue weighted by Crippen LogP contribution is 2.39. The van der Waals surface area contributed by atoms with Crippen molar-refractivity contribution in [1.29, 1.82) is 0 Å². The molecule has 0 bridgehead atoms. The van der Waals surface area contributed by atoms with Crippen LogP contribution in [0.2, 0.25) is 0 Å². The first kappa shape index (κ1) is 9.34. The number of carbonyl (C=O) groups excluding carboxylic acids is 2. The second-order valence-electron chi connectivity index (χ2n) is 4.18. The first-order chi connectivity index (χ1) is 6.49. The third-order valence-electron chi connectivity index (χ3n) is 2.60. The Morgan fingerprint density at radius 3 is 2.57 bits per heavy atom. The van der Waals surface area contributed by atoms with Crippen LogP contribution < -0.4 is 0 Å². The standard InChI is InChI=1S/C11H12O3/c1-11(2)10(14-11)6-7-5-8(12)3-4-9(7)13/h3-5,10H,6H2,1-2H3. The van der Waals surface area contributed by atoms with E-state index in [1.54, 1.807) is 0 Å². The van der Waals surface area contributed by atoms with Gasteiger partial charge in [0.25, 0.3) is 0 Å². The Kier molecular flexibility index (Phi) is 1.93. The van der Waals surface area contributed by atoms with E-state index in [9.17, 15) is 9.59 Å². The number of carbonyl (C=O) groups is 2. The third-order valence-corrected chi connectivity index (χ3v) is 2.60. The number of ether oxygens (including phenoxy) is 1. The third kappa shape index (κ3) is 1.68. The molecule has 3 heteroatoms. The Morgan fingerprint density at radius 2 is 2.00 bits per heavy atom. The van der Waals surface area contributed by atoms with Crippen molar-refractivity contribution in [2.24, 2.45) is 0 Å². The fourth-order valence-electron chi connectivity index (χ4n) is 1.54. The van der Waals surface area contributed by atoms with Gasteiger partial charge in [-0.2, -0.15) is 0 Å². The highest BCUT2D eigenvalue weighted by molar-refractivity contribution is 6.17. The monoisotopic (exact) mass is 192 g/mol. The van der Waals surface area contributed by atoms with Gasteiger partial charge in [0.2, 0.25) is 0 Å². The normalized spacial score (nSPS) is 29.0. The lowest BCUT2D eigenvalue weighted by Crippen LogP contribution is -2.12. The number of ketones is 2. The Balaban J connectivity index is 2.05. The van der Waals surface area contributed by atoms with E-state index in [4.69, 9.17) is 4.74 Å². The molecule has 14 heavy (non-hydrogen) atoms. The predicted octanol–water partition coefficient (Wildman–Crippen LogP) is 1.19. The fourth-order valence-corrected chi connectivity index (χ4v) is 1.54. The number of hydrogen-bond donors (Lipinski definition) is 0. The molecule has 3 nitrogen and oxygen atoms in total. The maximum atomic E-state index is 11.4. The zero-order valence-corrected chi connectivity index (χ0v) is 8.24. The second kappa shape index (κ2) is 2.89. The molecule has 1 unspecified atom stereocenters. The molecule has 2 aliphatic rings. The maximum absolute atomic E-state index is 11.4. The van der Waals surface area contributed by atoms with Crippen LogP contribution >= 0.6 is 0 Å². The van der Waals surface area contributed by atoms with Crippen LogP contribution in [0.15, 0.2) is 23.8 Å². The van der Waals surface area contributed by atoms with E-state index in [1.807, 2.05) is 13.8 Å². The first-order valence-electron chi connectivity index (χ1n) is 4.64. The lowest BCUT2D eigenvalue weighted by atomic mass is 9.96. The molecular weight excluding hydrogens is 180 g/mol. The van der Waals surface area contributed by atoms with Gasteiger partial charge in [0, 0.05) is 12.0 Å². The molecule has 0 aromatic heterocycles. The van der Waals surface area contributed by atoms with Gasteiger partial charge in [-0.1, -0.05) is 0 Å². The average molecular weight is 192 g/mol. The summed E-state index contributed by atoms with van der Waals surface area (Å²) in [5, 5.41) is 0. The van der Waals surface area contributed by atoms with Crippen molar-refractivity contribution in [2.75, 3.05) is 0 Å². The highest BCUT2D eigenvalue weighted by Gasteiger charge is 2.48. The van der Waals surface area contributed by atoms with Gasteiger partial charge >= 0.3 is 0 Å². The van der Waals surface area contributed by atoms with E-state index in [-0.39, 0.29) is 23.3 Å². The molecular formula is C11H12O3. The summed E-state index contributed by atoms with van der Waals surface area (Å²) < 4.78 is 5.36. The van der Waals surface area contributed by atoms with Crippen LogP contribution in [0.25, 0.3) is 0 Å². The minimum Gasteiger partial charge on any atom is -0.366 e. The highest BCUT2D eigenvalue weighted by atomic mass is 16.6. The van der Waals surface area contributed by atoms with E-state index in [0.717, 1.165) is 0 Å². The van der Waals surface area contributed by atoms with E-state index >= 15 is 0 Å². The molecule has 1 aliphatic carbocycles. The van der Waals surface area contributed by atoms with E-state index in [0.29, 0.717) is 12.0 Å². The summed E-state index contributed by atoms with van der Waals surface area (Å²) in [6.07, 6.45) is 4.65. The Bertz CT molecular complexity index is 361. The van der Waals surface area contributed by atoms with Crippen LogP contribution in [0, 0.1) is 0 Å². The van der Waals surface area contributed by atoms with Gasteiger partial charge in [-0.15, -0.1) is 0 Å². The van der Waals surface area contributed by atoms with Gasteiger partial charge in [-0.3, -0.25) is 9.59 Å². The molecule has 1 aliphatic heterocycles. The summed E-state index contributed by atoms with van der Waals surface area (Å²) in [7, 11) is 0. The van der Waals surface area contributed by atoms with Crippen molar-refractivity contribution < 1.29 is 14.3 Å². The lowest BCUT2D eigenvalue weighted by molar-refractivity contribution is -0.114. The predicted molar refractivity (Wildman–Crippen MR) is 50.8 cm³/mol. The molecule has 0 N–H and O–H groups in total.